The van der Waals surface area contributed by atoms with Crippen LogP contribution in [0.15, 0.2) is 24.3 Å². The Morgan fingerprint density at radius 3 is 2.00 bits per heavy atom. The Labute approximate surface area is 86.7 Å². The maximum Gasteiger partial charge on any atom is 0.0438 e. The van der Waals surface area contributed by atoms with E-state index in [0.717, 1.165) is 6.04 Å². The van der Waals surface area contributed by atoms with Crippen LogP contribution in [0, 0.1) is 0 Å². The average molecular weight is 189 g/mol. The van der Waals surface area contributed by atoms with Crippen molar-refractivity contribution in [3.05, 3.63) is 29.8 Å². The lowest BCUT2D eigenvalue weighted by atomic mass is 9.87. The Morgan fingerprint density at radius 2 is 1.64 bits per heavy atom. The number of nitrogens with zero attached hydrogens (tertiary/aromatic N) is 1. The van der Waals surface area contributed by atoms with E-state index in [4.69, 9.17) is 0 Å². The van der Waals surface area contributed by atoms with Gasteiger partial charge < -0.3 is 4.90 Å². The smallest absolute Gasteiger partial charge is 0.0438 e. The lowest BCUT2D eigenvalue weighted by Gasteiger charge is -2.19. The SMILES string of the molecule is CC1CN1c1ccc(C(C)(C)C)cc1. The molecule has 1 heteroatoms. The van der Waals surface area contributed by atoms with Crippen LogP contribution in [0.2, 0.25) is 0 Å². The molecule has 1 aliphatic heterocycles. The quantitative estimate of drug-likeness (QED) is 0.613. The topological polar surface area (TPSA) is 3.01 Å². The van der Waals surface area contributed by atoms with Gasteiger partial charge in [0.25, 0.3) is 0 Å². The van der Waals surface area contributed by atoms with Crippen molar-refractivity contribution in [1.82, 2.24) is 0 Å². The van der Waals surface area contributed by atoms with Crippen molar-refractivity contribution in [2.24, 2.45) is 0 Å². The summed E-state index contributed by atoms with van der Waals surface area (Å²) in [7, 11) is 0. The molecule has 0 amide bonds. The Kier molecular flexibility index (Phi) is 2.06. The van der Waals surface area contributed by atoms with E-state index in [1.807, 2.05) is 0 Å². The van der Waals surface area contributed by atoms with Gasteiger partial charge in [-0.1, -0.05) is 32.9 Å². The number of rotatable bonds is 1. The summed E-state index contributed by atoms with van der Waals surface area (Å²) in [6, 6.07) is 9.73. The molecule has 0 aromatic heterocycles. The van der Waals surface area contributed by atoms with E-state index in [1.54, 1.807) is 0 Å². The molecular weight excluding hydrogens is 170 g/mol. The highest BCUT2D eigenvalue weighted by Gasteiger charge is 2.29. The zero-order valence-corrected chi connectivity index (χ0v) is 9.54. The van der Waals surface area contributed by atoms with Crippen LogP contribution >= 0.6 is 0 Å². The van der Waals surface area contributed by atoms with E-state index in [9.17, 15) is 0 Å². The number of hydrogen-bond donors (Lipinski definition) is 0. The fourth-order valence-corrected chi connectivity index (χ4v) is 1.75. The van der Waals surface area contributed by atoms with Gasteiger partial charge in [-0.2, -0.15) is 0 Å². The summed E-state index contributed by atoms with van der Waals surface area (Å²) in [5.74, 6) is 0. The van der Waals surface area contributed by atoms with Crippen molar-refractivity contribution < 1.29 is 0 Å². The summed E-state index contributed by atoms with van der Waals surface area (Å²) in [6.07, 6.45) is 0. The molecule has 1 aromatic rings. The van der Waals surface area contributed by atoms with Crippen molar-refractivity contribution in [3.8, 4) is 0 Å². The van der Waals surface area contributed by atoms with Gasteiger partial charge in [-0.3, -0.25) is 0 Å². The van der Waals surface area contributed by atoms with Gasteiger partial charge in [-0.25, -0.2) is 0 Å². The summed E-state index contributed by atoms with van der Waals surface area (Å²) in [5.41, 5.74) is 3.05. The third kappa shape index (κ3) is 1.77. The molecule has 0 N–H and O–H groups in total. The van der Waals surface area contributed by atoms with Crippen LogP contribution in [0.1, 0.15) is 33.3 Å². The molecule has 1 aromatic carbocycles. The Morgan fingerprint density at radius 1 is 1.14 bits per heavy atom. The first-order valence-corrected chi connectivity index (χ1v) is 5.35. The first kappa shape index (κ1) is 9.57. The third-order valence-corrected chi connectivity index (χ3v) is 2.92. The Balaban J connectivity index is 2.18. The van der Waals surface area contributed by atoms with Gasteiger partial charge in [0.15, 0.2) is 0 Å². The molecule has 76 valence electrons. The van der Waals surface area contributed by atoms with Crippen LogP contribution in [0.5, 0.6) is 0 Å². The van der Waals surface area contributed by atoms with Crippen LogP contribution in [-0.2, 0) is 5.41 Å². The van der Waals surface area contributed by atoms with Gasteiger partial charge in [-0.05, 0) is 30.0 Å². The molecule has 0 saturated carbocycles. The molecular formula is C13H19N. The zero-order chi connectivity index (χ0) is 10.3. The maximum absolute atomic E-state index is 2.41. The Hall–Kier alpha value is -0.980. The minimum Gasteiger partial charge on any atom is -0.365 e. The van der Waals surface area contributed by atoms with Crippen LogP contribution in [0.4, 0.5) is 5.69 Å². The second-order valence-electron chi connectivity index (χ2n) is 5.30. The molecule has 1 heterocycles. The predicted octanol–water partition coefficient (Wildman–Crippen LogP) is 3.19. The summed E-state index contributed by atoms with van der Waals surface area (Å²) < 4.78 is 0. The van der Waals surface area contributed by atoms with Crippen molar-refractivity contribution in [2.75, 3.05) is 11.4 Å². The van der Waals surface area contributed by atoms with E-state index in [-0.39, 0.29) is 5.41 Å². The van der Waals surface area contributed by atoms with E-state index in [1.165, 1.54) is 17.8 Å². The summed E-state index contributed by atoms with van der Waals surface area (Å²) in [5, 5.41) is 0. The van der Waals surface area contributed by atoms with Gasteiger partial charge >= 0.3 is 0 Å². The molecule has 14 heavy (non-hydrogen) atoms. The van der Waals surface area contributed by atoms with E-state index in [0.29, 0.717) is 0 Å². The van der Waals surface area contributed by atoms with Crippen molar-refractivity contribution in [1.29, 1.82) is 0 Å². The first-order valence-electron chi connectivity index (χ1n) is 5.35. The van der Waals surface area contributed by atoms with Crippen LogP contribution < -0.4 is 4.90 Å². The molecule has 1 saturated heterocycles. The van der Waals surface area contributed by atoms with Crippen LogP contribution in [0.25, 0.3) is 0 Å². The van der Waals surface area contributed by atoms with E-state index < -0.39 is 0 Å². The van der Waals surface area contributed by atoms with Crippen LogP contribution in [0.3, 0.4) is 0 Å². The molecule has 0 spiro atoms. The van der Waals surface area contributed by atoms with Crippen molar-refractivity contribution >= 4 is 5.69 Å². The van der Waals surface area contributed by atoms with Gasteiger partial charge in [0.1, 0.15) is 0 Å². The highest BCUT2D eigenvalue weighted by Crippen LogP contribution is 2.30. The fraction of sp³-hybridized carbons (Fsp3) is 0.538. The van der Waals surface area contributed by atoms with Gasteiger partial charge in [0, 0.05) is 18.3 Å². The molecule has 1 atom stereocenters. The van der Waals surface area contributed by atoms with Crippen molar-refractivity contribution in [2.45, 2.75) is 39.2 Å². The highest BCUT2D eigenvalue weighted by molar-refractivity contribution is 5.54. The Bertz CT molecular complexity index is 318. The summed E-state index contributed by atoms with van der Waals surface area (Å²) >= 11 is 0. The van der Waals surface area contributed by atoms with Crippen LogP contribution in [-0.4, -0.2) is 12.6 Å². The molecule has 1 fully saturated rings. The fourth-order valence-electron chi connectivity index (χ4n) is 1.75. The second-order valence-corrected chi connectivity index (χ2v) is 5.30. The number of hydrogen-bond acceptors (Lipinski definition) is 1. The largest absolute Gasteiger partial charge is 0.365 e. The zero-order valence-electron chi connectivity index (χ0n) is 9.54. The van der Waals surface area contributed by atoms with Crippen molar-refractivity contribution in [3.63, 3.8) is 0 Å². The monoisotopic (exact) mass is 189 g/mol. The lowest BCUT2D eigenvalue weighted by molar-refractivity contribution is 0.590. The van der Waals surface area contributed by atoms with Gasteiger partial charge in [0.2, 0.25) is 0 Å². The normalized spacial score (nSPS) is 21.1. The molecule has 1 nitrogen and oxygen atoms in total. The predicted molar refractivity (Wildman–Crippen MR) is 62.0 cm³/mol. The first-order chi connectivity index (χ1) is 6.48. The molecule has 0 aliphatic carbocycles. The molecule has 1 aliphatic rings. The molecule has 2 rings (SSSR count). The number of benzene rings is 1. The number of anilines is 1. The maximum atomic E-state index is 2.41. The lowest BCUT2D eigenvalue weighted by Crippen LogP contribution is -2.10. The standard InChI is InChI=1S/C13H19N/c1-10-9-14(10)12-7-5-11(6-8-12)13(2,3)4/h5-8,10H,9H2,1-4H3. The highest BCUT2D eigenvalue weighted by atomic mass is 15.3. The summed E-state index contributed by atoms with van der Waals surface area (Å²) in [4.78, 5) is 2.41. The second kappa shape index (κ2) is 3.01. The average Bonchev–Trinajstić information content (AvgIpc) is 2.81. The molecule has 0 bridgehead atoms. The summed E-state index contributed by atoms with van der Waals surface area (Å²) in [6.45, 7) is 10.2. The third-order valence-electron chi connectivity index (χ3n) is 2.92. The molecule has 0 radical (unpaired) electrons. The van der Waals surface area contributed by atoms with E-state index in [2.05, 4.69) is 56.9 Å². The van der Waals surface area contributed by atoms with Gasteiger partial charge in [0.05, 0.1) is 0 Å². The van der Waals surface area contributed by atoms with Gasteiger partial charge in [-0.15, -0.1) is 0 Å². The van der Waals surface area contributed by atoms with E-state index >= 15 is 0 Å². The minimum atomic E-state index is 0.267. The minimum absolute atomic E-state index is 0.267. The molecule has 1 unspecified atom stereocenters.